The minimum Gasteiger partial charge on any atom is -0.465 e. The van der Waals surface area contributed by atoms with Crippen molar-refractivity contribution >= 4 is 17.5 Å². The van der Waals surface area contributed by atoms with E-state index >= 15 is 0 Å². The maximum Gasteiger partial charge on any atom is 0.256 e. The Morgan fingerprint density at radius 3 is 2.61 bits per heavy atom. The van der Waals surface area contributed by atoms with Crippen LogP contribution in [-0.4, -0.2) is 64.5 Å². The largest absolute Gasteiger partial charge is 0.465 e. The summed E-state index contributed by atoms with van der Waals surface area (Å²) in [5, 5.41) is 11.4. The molecule has 1 aromatic carbocycles. The number of benzene rings is 1. The maximum absolute atomic E-state index is 13.5. The van der Waals surface area contributed by atoms with E-state index in [9.17, 15) is 14.7 Å². The summed E-state index contributed by atoms with van der Waals surface area (Å²) in [7, 11) is 0. The fraction of sp³-hybridized carbons (Fsp3) is 0.500. The summed E-state index contributed by atoms with van der Waals surface area (Å²) in [5.74, 6) is 1.68. The Morgan fingerprint density at radius 2 is 1.87 bits per heavy atom. The number of anilines is 1. The van der Waals surface area contributed by atoms with Crippen LogP contribution in [0.2, 0.25) is 0 Å². The third-order valence-electron chi connectivity index (χ3n) is 6.90. The summed E-state index contributed by atoms with van der Waals surface area (Å²) in [6.45, 7) is 4.95. The predicted molar refractivity (Wildman–Crippen MR) is 116 cm³/mol. The van der Waals surface area contributed by atoms with Gasteiger partial charge in [0.05, 0.1) is 29.9 Å². The van der Waals surface area contributed by atoms with Crippen molar-refractivity contribution in [1.29, 1.82) is 0 Å². The highest BCUT2D eigenvalue weighted by Crippen LogP contribution is 2.35. The van der Waals surface area contributed by atoms with E-state index < -0.39 is 11.6 Å². The molecule has 1 aromatic heterocycles. The molecule has 1 N–H and O–H groups in total. The van der Waals surface area contributed by atoms with Crippen molar-refractivity contribution in [1.82, 2.24) is 9.80 Å². The summed E-state index contributed by atoms with van der Waals surface area (Å²) < 4.78 is 5.68. The lowest BCUT2D eigenvalue weighted by Gasteiger charge is -2.41. The third kappa shape index (κ3) is 3.77. The van der Waals surface area contributed by atoms with Gasteiger partial charge in [0.15, 0.2) is 0 Å². The molecule has 7 heteroatoms. The lowest BCUT2D eigenvalue weighted by Crippen LogP contribution is -2.54. The first-order valence-electron chi connectivity index (χ1n) is 11.1. The first-order chi connectivity index (χ1) is 14.9. The fourth-order valence-electron chi connectivity index (χ4n) is 5.14. The van der Waals surface area contributed by atoms with Gasteiger partial charge in [0.2, 0.25) is 5.91 Å². The summed E-state index contributed by atoms with van der Waals surface area (Å²) in [4.78, 5) is 32.2. The molecule has 1 atom stereocenters. The van der Waals surface area contributed by atoms with Crippen molar-refractivity contribution in [3.05, 3.63) is 53.5 Å². The number of nitrogens with zero attached hydrogens (tertiary/aromatic N) is 3. The lowest BCUT2D eigenvalue weighted by molar-refractivity contribution is -0.123. The zero-order valence-electron chi connectivity index (χ0n) is 17.9. The number of rotatable bonds is 4. The highest BCUT2D eigenvalue weighted by molar-refractivity contribution is 6.11. The smallest absolute Gasteiger partial charge is 0.256 e. The van der Waals surface area contributed by atoms with E-state index in [-0.39, 0.29) is 18.4 Å². The van der Waals surface area contributed by atoms with Crippen molar-refractivity contribution in [3.8, 4) is 0 Å². The number of piperidine rings is 1. The SMILES string of the molecule is Cc1ccc(CN2CCC(O)(CN3C(=O)[C@@H]4CCCN4C(=O)c4ccccc43)CC2)o1. The van der Waals surface area contributed by atoms with Gasteiger partial charge in [-0.25, -0.2) is 0 Å². The van der Waals surface area contributed by atoms with Crippen molar-refractivity contribution in [2.45, 2.75) is 50.8 Å². The number of fused-ring (bicyclic) bond motifs is 2. The lowest BCUT2D eigenvalue weighted by atomic mass is 9.90. The number of furan rings is 1. The topological polar surface area (TPSA) is 77.2 Å². The molecule has 2 fully saturated rings. The molecule has 3 aliphatic heterocycles. The first-order valence-corrected chi connectivity index (χ1v) is 11.1. The van der Waals surface area contributed by atoms with Gasteiger partial charge in [-0.3, -0.25) is 14.5 Å². The molecule has 0 saturated carbocycles. The van der Waals surface area contributed by atoms with Gasteiger partial charge in [-0.05, 0) is 56.9 Å². The second-order valence-corrected chi connectivity index (χ2v) is 9.11. The van der Waals surface area contributed by atoms with Crippen LogP contribution < -0.4 is 4.90 Å². The van der Waals surface area contributed by atoms with Gasteiger partial charge in [0.1, 0.15) is 17.6 Å². The van der Waals surface area contributed by atoms with E-state index in [2.05, 4.69) is 4.90 Å². The summed E-state index contributed by atoms with van der Waals surface area (Å²) in [6.07, 6.45) is 2.66. The zero-order chi connectivity index (χ0) is 21.6. The number of aliphatic hydroxyl groups is 1. The molecule has 2 saturated heterocycles. The Morgan fingerprint density at radius 1 is 1.10 bits per heavy atom. The van der Waals surface area contributed by atoms with Crippen LogP contribution in [0.15, 0.2) is 40.8 Å². The van der Waals surface area contributed by atoms with E-state index in [0.29, 0.717) is 37.1 Å². The number of likely N-dealkylation sites (tertiary alicyclic amines) is 1. The summed E-state index contributed by atoms with van der Waals surface area (Å²) >= 11 is 0. The highest BCUT2D eigenvalue weighted by atomic mass is 16.3. The van der Waals surface area contributed by atoms with E-state index in [1.165, 1.54) is 0 Å². The minimum atomic E-state index is -0.977. The minimum absolute atomic E-state index is 0.0716. The molecular formula is C24H29N3O4. The zero-order valence-corrected chi connectivity index (χ0v) is 17.9. The number of hydrogen-bond donors (Lipinski definition) is 1. The number of amides is 2. The summed E-state index contributed by atoms with van der Waals surface area (Å²) in [6, 6.07) is 10.8. The quantitative estimate of drug-likeness (QED) is 0.818. The van der Waals surface area contributed by atoms with Crippen LogP contribution in [0.25, 0.3) is 0 Å². The predicted octanol–water partition coefficient (Wildman–Crippen LogP) is 2.57. The number of carbonyl (C=O) groups excluding carboxylic acids is 2. The molecule has 0 unspecified atom stereocenters. The Bertz CT molecular complexity index is 992. The van der Waals surface area contributed by atoms with Gasteiger partial charge >= 0.3 is 0 Å². The van der Waals surface area contributed by atoms with Crippen LogP contribution in [0.5, 0.6) is 0 Å². The molecule has 7 nitrogen and oxygen atoms in total. The normalized spacial score (nSPS) is 23.6. The molecule has 3 aliphatic rings. The Kier molecular flexibility index (Phi) is 5.10. The van der Waals surface area contributed by atoms with Crippen LogP contribution in [-0.2, 0) is 11.3 Å². The molecular weight excluding hydrogens is 394 g/mol. The fourth-order valence-corrected chi connectivity index (χ4v) is 5.14. The molecule has 2 amide bonds. The van der Waals surface area contributed by atoms with Gasteiger partial charge in [-0.1, -0.05) is 12.1 Å². The van der Waals surface area contributed by atoms with Crippen LogP contribution >= 0.6 is 0 Å². The molecule has 5 rings (SSSR count). The Labute approximate surface area is 182 Å². The van der Waals surface area contributed by atoms with Crippen molar-refractivity contribution in [2.75, 3.05) is 31.1 Å². The average Bonchev–Trinajstić information content (AvgIpc) is 3.40. The summed E-state index contributed by atoms with van der Waals surface area (Å²) in [5.41, 5.74) is 0.193. The van der Waals surface area contributed by atoms with Crippen molar-refractivity contribution < 1.29 is 19.1 Å². The van der Waals surface area contributed by atoms with Crippen LogP contribution in [0.4, 0.5) is 5.69 Å². The molecule has 4 heterocycles. The van der Waals surface area contributed by atoms with E-state index in [0.717, 1.165) is 37.6 Å². The second-order valence-electron chi connectivity index (χ2n) is 9.11. The molecule has 31 heavy (non-hydrogen) atoms. The van der Waals surface area contributed by atoms with Crippen LogP contribution in [0.3, 0.4) is 0 Å². The first kappa shape index (κ1) is 20.3. The number of para-hydroxylation sites is 1. The number of aryl methyl sites for hydroxylation is 1. The monoisotopic (exact) mass is 423 g/mol. The van der Waals surface area contributed by atoms with Crippen LogP contribution in [0.1, 0.15) is 47.6 Å². The third-order valence-corrected chi connectivity index (χ3v) is 6.90. The molecule has 164 valence electrons. The van der Waals surface area contributed by atoms with E-state index in [4.69, 9.17) is 4.42 Å². The van der Waals surface area contributed by atoms with Crippen molar-refractivity contribution in [2.24, 2.45) is 0 Å². The van der Waals surface area contributed by atoms with Crippen molar-refractivity contribution in [3.63, 3.8) is 0 Å². The number of carbonyl (C=O) groups is 2. The van der Waals surface area contributed by atoms with Crippen LogP contribution in [0, 0.1) is 6.92 Å². The molecule has 0 radical (unpaired) electrons. The van der Waals surface area contributed by atoms with E-state index in [1.54, 1.807) is 15.9 Å². The Hall–Kier alpha value is -2.64. The molecule has 0 bridgehead atoms. The average molecular weight is 424 g/mol. The maximum atomic E-state index is 13.5. The molecule has 0 spiro atoms. The van der Waals surface area contributed by atoms with Gasteiger partial charge in [0, 0.05) is 19.6 Å². The molecule has 2 aromatic rings. The Balaban J connectivity index is 1.34. The van der Waals surface area contributed by atoms with E-state index in [1.807, 2.05) is 37.3 Å². The van der Waals surface area contributed by atoms with Gasteiger partial charge in [-0.15, -0.1) is 0 Å². The number of hydrogen-bond acceptors (Lipinski definition) is 5. The van der Waals surface area contributed by atoms with Gasteiger partial charge < -0.3 is 19.3 Å². The second kappa shape index (κ2) is 7.80. The highest BCUT2D eigenvalue weighted by Gasteiger charge is 2.44. The van der Waals surface area contributed by atoms with Gasteiger partial charge in [0.25, 0.3) is 5.91 Å². The number of β-amino-alcohol motifs (C(OH)–C–C–N with tert-alkyl or cyclic N) is 1. The van der Waals surface area contributed by atoms with Gasteiger partial charge in [-0.2, -0.15) is 0 Å². The molecule has 0 aliphatic carbocycles. The standard InChI is InChI=1S/C24H29N3O4/c1-17-8-9-18(31-17)15-25-13-10-24(30,11-14-25)16-27-20-6-3-2-5-19(20)22(28)26-12-4-7-21(26)23(27)29/h2-3,5-6,8-9,21,30H,4,7,10-16H2,1H3/t21-/m0/s1.